The highest BCUT2D eigenvalue weighted by molar-refractivity contribution is 6.15. The van der Waals surface area contributed by atoms with Gasteiger partial charge in [0.15, 0.2) is 5.58 Å². The van der Waals surface area contributed by atoms with Crippen LogP contribution in [0, 0.1) is 0 Å². The van der Waals surface area contributed by atoms with Crippen LogP contribution < -0.4 is 4.90 Å². The fourth-order valence-electron chi connectivity index (χ4n) is 7.82. The van der Waals surface area contributed by atoms with Gasteiger partial charge < -0.3 is 9.32 Å². The van der Waals surface area contributed by atoms with E-state index < -0.39 is 0 Å². The lowest BCUT2D eigenvalue weighted by Crippen LogP contribution is -2.10. The molecule has 0 radical (unpaired) electrons. The van der Waals surface area contributed by atoms with Crippen LogP contribution in [0.4, 0.5) is 17.1 Å². The van der Waals surface area contributed by atoms with Gasteiger partial charge in [-0.15, -0.1) is 0 Å². The molecule has 0 aliphatic carbocycles. The molecule has 0 N–H and O–H groups in total. The lowest BCUT2D eigenvalue weighted by molar-refractivity contribution is 0.670. The van der Waals surface area contributed by atoms with Crippen molar-refractivity contribution in [3.63, 3.8) is 0 Å². The molecule has 0 unspecified atom stereocenters. The van der Waals surface area contributed by atoms with E-state index in [1.807, 2.05) is 0 Å². The average Bonchev–Trinajstić information content (AvgIpc) is 3.64. The zero-order chi connectivity index (χ0) is 35.8. The average molecular weight is 690 g/mol. The first-order valence-electron chi connectivity index (χ1n) is 18.4. The summed E-state index contributed by atoms with van der Waals surface area (Å²) in [6.07, 6.45) is 0. The van der Waals surface area contributed by atoms with E-state index in [4.69, 9.17) is 4.42 Å². The molecule has 0 bridgehead atoms. The molecular formula is C52H35NO. The second-order valence-corrected chi connectivity index (χ2v) is 13.7. The molecule has 10 rings (SSSR count). The fourth-order valence-corrected chi connectivity index (χ4v) is 7.82. The summed E-state index contributed by atoms with van der Waals surface area (Å²) in [6.45, 7) is 0. The van der Waals surface area contributed by atoms with Crippen molar-refractivity contribution in [3.8, 4) is 44.5 Å². The van der Waals surface area contributed by atoms with E-state index >= 15 is 0 Å². The van der Waals surface area contributed by atoms with E-state index in [2.05, 4.69) is 217 Å². The van der Waals surface area contributed by atoms with Crippen molar-refractivity contribution in [2.45, 2.75) is 0 Å². The van der Waals surface area contributed by atoms with Crippen molar-refractivity contribution in [3.05, 3.63) is 212 Å². The second kappa shape index (κ2) is 13.4. The van der Waals surface area contributed by atoms with Crippen LogP contribution in [0.2, 0.25) is 0 Å². The summed E-state index contributed by atoms with van der Waals surface area (Å²) in [4.78, 5) is 2.33. The van der Waals surface area contributed by atoms with E-state index in [1.54, 1.807) is 0 Å². The number of para-hydroxylation sites is 1. The largest absolute Gasteiger partial charge is 0.453 e. The van der Waals surface area contributed by atoms with Crippen molar-refractivity contribution < 1.29 is 4.42 Å². The maximum atomic E-state index is 7.08. The third kappa shape index (κ3) is 5.62. The summed E-state index contributed by atoms with van der Waals surface area (Å²) < 4.78 is 7.08. The molecule has 9 aromatic carbocycles. The van der Waals surface area contributed by atoms with Gasteiger partial charge in [0.25, 0.3) is 0 Å². The van der Waals surface area contributed by atoms with Crippen molar-refractivity contribution in [2.24, 2.45) is 0 Å². The van der Waals surface area contributed by atoms with Gasteiger partial charge in [-0.3, -0.25) is 0 Å². The molecule has 0 atom stereocenters. The van der Waals surface area contributed by atoms with Gasteiger partial charge in [0.05, 0.1) is 5.69 Å². The molecule has 0 amide bonds. The third-order valence-corrected chi connectivity index (χ3v) is 10.5. The molecular weight excluding hydrogens is 655 g/mol. The first-order valence-corrected chi connectivity index (χ1v) is 18.4. The SMILES string of the molecule is c1ccc(-c2ccc(N(c3ccc(-c4cccc5ccccc45)cc3)c3cccc4c3oc3c(-c5ccccc5)cc(-c5ccccc5)cc34)cc2)cc1. The number of nitrogens with zero attached hydrogens (tertiary/aromatic N) is 1. The standard InChI is InChI=1S/C52H35NO/c1-4-14-36(15-5-1)38-26-30-43(31-27-38)53(44-32-28-41(29-33-44)46-23-12-21-39-20-10-11-22-45(39)46)50-25-13-24-47-49-35-42(37-16-6-2-7-17-37)34-48(51(49)54-52(47)50)40-18-8-3-9-19-40/h1-35H. The molecule has 0 aliphatic heterocycles. The maximum Gasteiger partial charge on any atom is 0.159 e. The summed E-state index contributed by atoms with van der Waals surface area (Å²) in [6, 6.07) is 75.7. The van der Waals surface area contributed by atoms with Gasteiger partial charge >= 0.3 is 0 Å². The van der Waals surface area contributed by atoms with Crippen LogP contribution in [0.3, 0.4) is 0 Å². The maximum absolute atomic E-state index is 7.08. The molecule has 54 heavy (non-hydrogen) atoms. The number of benzene rings is 9. The van der Waals surface area contributed by atoms with Crippen LogP contribution in [0.25, 0.3) is 77.2 Å². The summed E-state index contributed by atoms with van der Waals surface area (Å²) in [5.41, 5.74) is 14.1. The van der Waals surface area contributed by atoms with E-state index in [-0.39, 0.29) is 0 Å². The van der Waals surface area contributed by atoms with Gasteiger partial charge in [0.2, 0.25) is 0 Å². The Hall–Kier alpha value is -7.16. The lowest BCUT2D eigenvalue weighted by Gasteiger charge is -2.26. The highest BCUT2D eigenvalue weighted by atomic mass is 16.3. The molecule has 2 nitrogen and oxygen atoms in total. The summed E-state index contributed by atoms with van der Waals surface area (Å²) >= 11 is 0. The van der Waals surface area contributed by atoms with Gasteiger partial charge in [-0.05, 0) is 92.2 Å². The van der Waals surface area contributed by atoms with Gasteiger partial charge in [0, 0.05) is 27.7 Å². The van der Waals surface area contributed by atoms with Crippen LogP contribution in [-0.4, -0.2) is 0 Å². The predicted octanol–water partition coefficient (Wildman–Crippen LogP) is 14.9. The molecule has 1 aromatic heterocycles. The highest BCUT2D eigenvalue weighted by Crippen LogP contribution is 2.46. The van der Waals surface area contributed by atoms with E-state index in [0.717, 1.165) is 55.7 Å². The summed E-state index contributed by atoms with van der Waals surface area (Å²) in [5.74, 6) is 0. The van der Waals surface area contributed by atoms with Crippen LogP contribution in [0.15, 0.2) is 217 Å². The van der Waals surface area contributed by atoms with Crippen LogP contribution in [-0.2, 0) is 0 Å². The predicted molar refractivity (Wildman–Crippen MR) is 228 cm³/mol. The molecule has 0 saturated carbocycles. The third-order valence-electron chi connectivity index (χ3n) is 10.5. The topological polar surface area (TPSA) is 16.4 Å². The minimum absolute atomic E-state index is 0.847. The van der Waals surface area contributed by atoms with Crippen molar-refractivity contribution in [1.82, 2.24) is 0 Å². The summed E-state index contributed by atoms with van der Waals surface area (Å²) in [5, 5.41) is 4.66. The monoisotopic (exact) mass is 689 g/mol. The Kier molecular flexibility index (Phi) is 7.85. The minimum atomic E-state index is 0.847. The minimum Gasteiger partial charge on any atom is -0.453 e. The number of hydrogen-bond acceptors (Lipinski definition) is 2. The van der Waals surface area contributed by atoms with Crippen LogP contribution in [0.1, 0.15) is 0 Å². The Morgan fingerprint density at radius 3 is 1.48 bits per heavy atom. The first-order chi connectivity index (χ1) is 26.8. The van der Waals surface area contributed by atoms with Crippen LogP contribution >= 0.6 is 0 Å². The quantitative estimate of drug-likeness (QED) is 0.166. The molecule has 0 spiro atoms. The van der Waals surface area contributed by atoms with Gasteiger partial charge in [-0.1, -0.05) is 170 Å². The zero-order valence-corrected chi connectivity index (χ0v) is 29.6. The molecule has 0 saturated heterocycles. The molecule has 2 heteroatoms. The summed E-state index contributed by atoms with van der Waals surface area (Å²) in [7, 11) is 0. The number of fused-ring (bicyclic) bond motifs is 4. The number of hydrogen-bond donors (Lipinski definition) is 0. The molecule has 1 heterocycles. The van der Waals surface area contributed by atoms with E-state index in [0.29, 0.717) is 0 Å². The molecule has 254 valence electrons. The van der Waals surface area contributed by atoms with Crippen molar-refractivity contribution in [1.29, 1.82) is 0 Å². The Morgan fingerprint density at radius 2 is 0.796 bits per heavy atom. The second-order valence-electron chi connectivity index (χ2n) is 13.7. The lowest BCUT2D eigenvalue weighted by atomic mass is 9.95. The number of rotatable bonds is 7. The van der Waals surface area contributed by atoms with Crippen molar-refractivity contribution >= 4 is 49.8 Å². The number of anilines is 3. The molecule has 0 fully saturated rings. The number of furan rings is 1. The van der Waals surface area contributed by atoms with E-state index in [9.17, 15) is 0 Å². The van der Waals surface area contributed by atoms with Gasteiger partial charge in [-0.2, -0.15) is 0 Å². The Balaban J connectivity index is 1.17. The Morgan fingerprint density at radius 1 is 0.296 bits per heavy atom. The molecule has 0 aliphatic rings. The molecule has 10 aromatic rings. The van der Waals surface area contributed by atoms with Crippen LogP contribution in [0.5, 0.6) is 0 Å². The Labute approximate surface area is 314 Å². The highest BCUT2D eigenvalue weighted by Gasteiger charge is 2.22. The first kappa shape index (κ1) is 31.6. The fraction of sp³-hybridized carbons (Fsp3) is 0. The van der Waals surface area contributed by atoms with E-state index in [1.165, 1.54) is 38.6 Å². The smallest absolute Gasteiger partial charge is 0.159 e. The van der Waals surface area contributed by atoms with Crippen molar-refractivity contribution in [2.75, 3.05) is 4.90 Å². The zero-order valence-electron chi connectivity index (χ0n) is 29.6. The normalized spacial score (nSPS) is 11.3. The van der Waals surface area contributed by atoms with Gasteiger partial charge in [-0.25, -0.2) is 0 Å². The van der Waals surface area contributed by atoms with Gasteiger partial charge in [0.1, 0.15) is 5.58 Å². The Bertz CT molecular complexity index is 2890.